The lowest BCUT2D eigenvalue weighted by Gasteiger charge is -2.14. The van der Waals surface area contributed by atoms with Crippen molar-refractivity contribution in [3.63, 3.8) is 0 Å². The predicted octanol–water partition coefficient (Wildman–Crippen LogP) is 1.04. The lowest BCUT2D eigenvalue weighted by atomic mass is 10.3. The Kier molecular flexibility index (Phi) is 5.99. The van der Waals surface area contributed by atoms with Crippen LogP contribution in [0.1, 0.15) is 19.6 Å². The van der Waals surface area contributed by atoms with E-state index >= 15 is 0 Å². The summed E-state index contributed by atoms with van der Waals surface area (Å²) in [6.45, 7) is 5.17. The second-order valence-electron chi connectivity index (χ2n) is 4.58. The predicted molar refractivity (Wildman–Crippen MR) is 72.4 cm³/mol. The van der Waals surface area contributed by atoms with E-state index in [1.54, 1.807) is 6.07 Å². The molecule has 0 aliphatic rings. The number of hydrogen-bond acceptors (Lipinski definition) is 5. The Bertz CT molecular complexity index is 482. The summed E-state index contributed by atoms with van der Waals surface area (Å²) in [6, 6.07) is 3.47. The Balaban J connectivity index is 2.73. The molecule has 1 rings (SSSR count). The van der Waals surface area contributed by atoms with Crippen molar-refractivity contribution in [3.8, 4) is 0 Å². The standard InChI is InChI=1S/C12H22N2O4S/c1-10(2)13-9-11-5-6-12(18-11)19(15,16)14(3)7-8-17-4/h5-6,10,13H,7-9H2,1-4H3. The quantitative estimate of drug-likeness (QED) is 0.774. The molecule has 7 heteroatoms. The molecule has 0 unspecified atom stereocenters. The smallest absolute Gasteiger partial charge is 0.276 e. The topological polar surface area (TPSA) is 71.8 Å². The summed E-state index contributed by atoms with van der Waals surface area (Å²) in [5.74, 6) is 0.604. The summed E-state index contributed by atoms with van der Waals surface area (Å²) in [4.78, 5) is 0. The first kappa shape index (κ1) is 16.2. The molecule has 0 fully saturated rings. The molecule has 0 atom stereocenters. The van der Waals surface area contributed by atoms with Crippen LogP contribution in [0.5, 0.6) is 0 Å². The molecule has 0 saturated heterocycles. The summed E-state index contributed by atoms with van der Waals surface area (Å²) < 4.78 is 35.7. The van der Waals surface area contributed by atoms with Gasteiger partial charge >= 0.3 is 0 Å². The first-order valence-corrected chi connectivity index (χ1v) is 7.59. The van der Waals surface area contributed by atoms with Crippen molar-refractivity contribution in [1.29, 1.82) is 0 Å². The van der Waals surface area contributed by atoms with E-state index in [9.17, 15) is 8.42 Å². The van der Waals surface area contributed by atoms with Crippen LogP contribution in [0.15, 0.2) is 21.6 Å². The molecule has 0 amide bonds. The zero-order chi connectivity index (χ0) is 14.5. The van der Waals surface area contributed by atoms with Gasteiger partial charge in [0.05, 0.1) is 13.2 Å². The highest BCUT2D eigenvalue weighted by Crippen LogP contribution is 2.17. The van der Waals surface area contributed by atoms with Crippen molar-refractivity contribution < 1.29 is 17.6 Å². The fourth-order valence-electron chi connectivity index (χ4n) is 1.39. The molecule has 0 spiro atoms. The van der Waals surface area contributed by atoms with Crippen LogP contribution >= 0.6 is 0 Å². The summed E-state index contributed by atoms with van der Waals surface area (Å²) >= 11 is 0. The maximum absolute atomic E-state index is 12.1. The fraction of sp³-hybridized carbons (Fsp3) is 0.667. The van der Waals surface area contributed by atoms with Crippen molar-refractivity contribution in [3.05, 3.63) is 17.9 Å². The second-order valence-corrected chi connectivity index (χ2v) is 6.55. The molecule has 0 aliphatic carbocycles. The Morgan fingerprint density at radius 2 is 2.11 bits per heavy atom. The number of sulfonamides is 1. The third kappa shape index (κ3) is 4.61. The van der Waals surface area contributed by atoms with Crippen LogP contribution in [0.25, 0.3) is 0 Å². The highest BCUT2D eigenvalue weighted by atomic mass is 32.2. The molecule has 110 valence electrons. The molecule has 1 heterocycles. The van der Waals surface area contributed by atoms with Gasteiger partial charge in [-0.25, -0.2) is 8.42 Å². The summed E-state index contributed by atoms with van der Waals surface area (Å²) in [5, 5.41) is 3.13. The lowest BCUT2D eigenvalue weighted by Crippen LogP contribution is -2.29. The second kappa shape index (κ2) is 7.04. The number of nitrogens with zero attached hydrogens (tertiary/aromatic N) is 1. The Morgan fingerprint density at radius 3 is 2.68 bits per heavy atom. The molecule has 19 heavy (non-hydrogen) atoms. The van der Waals surface area contributed by atoms with Crippen molar-refractivity contribution >= 4 is 10.0 Å². The zero-order valence-corrected chi connectivity index (χ0v) is 12.7. The maximum Gasteiger partial charge on any atom is 0.276 e. The van der Waals surface area contributed by atoms with Gasteiger partial charge in [0.1, 0.15) is 5.76 Å². The first-order chi connectivity index (χ1) is 8.87. The third-order valence-corrected chi connectivity index (χ3v) is 4.33. The number of hydrogen-bond donors (Lipinski definition) is 1. The van der Waals surface area contributed by atoms with E-state index in [4.69, 9.17) is 9.15 Å². The average molecular weight is 290 g/mol. The van der Waals surface area contributed by atoms with E-state index in [0.717, 1.165) is 0 Å². The number of furan rings is 1. The maximum atomic E-state index is 12.1. The van der Waals surface area contributed by atoms with Gasteiger partial charge in [-0.1, -0.05) is 13.8 Å². The zero-order valence-electron chi connectivity index (χ0n) is 11.8. The molecule has 0 aliphatic heterocycles. The van der Waals surface area contributed by atoms with E-state index in [-0.39, 0.29) is 5.09 Å². The van der Waals surface area contributed by atoms with Crippen LogP contribution in [-0.4, -0.2) is 46.1 Å². The van der Waals surface area contributed by atoms with Crippen molar-refractivity contribution in [2.24, 2.45) is 0 Å². The van der Waals surface area contributed by atoms with Gasteiger partial charge in [0, 0.05) is 26.7 Å². The van der Waals surface area contributed by atoms with E-state index in [1.165, 1.54) is 24.5 Å². The minimum Gasteiger partial charge on any atom is -0.447 e. The van der Waals surface area contributed by atoms with Crippen molar-refractivity contribution in [2.45, 2.75) is 31.5 Å². The van der Waals surface area contributed by atoms with Gasteiger partial charge in [0.25, 0.3) is 10.0 Å². The molecule has 0 saturated carbocycles. The molecule has 1 aromatic heterocycles. The van der Waals surface area contributed by atoms with Crippen LogP contribution in [0, 0.1) is 0 Å². The average Bonchev–Trinajstić information content (AvgIpc) is 2.82. The van der Waals surface area contributed by atoms with Crippen LogP contribution in [-0.2, 0) is 21.3 Å². The molecule has 0 bridgehead atoms. The van der Waals surface area contributed by atoms with E-state index in [2.05, 4.69) is 5.32 Å². The van der Waals surface area contributed by atoms with Crippen LogP contribution in [0.3, 0.4) is 0 Å². The summed E-state index contributed by atoms with van der Waals surface area (Å²) in [6.07, 6.45) is 0. The molecule has 6 nitrogen and oxygen atoms in total. The minimum atomic E-state index is -3.57. The molecular formula is C12H22N2O4S. The number of rotatable bonds is 8. The number of likely N-dealkylation sites (N-methyl/N-ethyl adjacent to an activating group) is 1. The molecule has 0 aromatic carbocycles. The SMILES string of the molecule is COCCN(C)S(=O)(=O)c1ccc(CNC(C)C)o1. The molecule has 1 N–H and O–H groups in total. The fourth-order valence-corrected chi connectivity index (χ4v) is 2.46. The Hall–Kier alpha value is -0.890. The number of ether oxygens (including phenoxy) is 1. The normalized spacial score (nSPS) is 12.5. The third-order valence-electron chi connectivity index (χ3n) is 2.60. The van der Waals surface area contributed by atoms with Gasteiger partial charge in [-0.2, -0.15) is 4.31 Å². The highest BCUT2D eigenvalue weighted by Gasteiger charge is 2.24. The number of nitrogens with one attached hydrogen (secondary N) is 1. The monoisotopic (exact) mass is 290 g/mol. The van der Waals surface area contributed by atoms with Crippen LogP contribution in [0.4, 0.5) is 0 Å². The molecular weight excluding hydrogens is 268 g/mol. The summed E-state index contributed by atoms with van der Waals surface area (Å²) in [5.41, 5.74) is 0. The van der Waals surface area contributed by atoms with Crippen LogP contribution < -0.4 is 5.32 Å². The minimum absolute atomic E-state index is 0.0355. The summed E-state index contributed by atoms with van der Waals surface area (Å²) in [7, 11) is -0.536. The molecule has 0 radical (unpaired) electrons. The van der Waals surface area contributed by atoms with E-state index in [0.29, 0.717) is 31.5 Å². The van der Waals surface area contributed by atoms with Gasteiger partial charge in [-0.05, 0) is 12.1 Å². The van der Waals surface area contributed by atoms with Crippen molar-refractivity contribution in [2.75, 3.05) is 27.3 Å². The van der Waals surface area contributed by atoms with Gasteiger partial charge < -0.3 is 14.5 Å². The largest absolute Gasteiger partial charge is 0.447 e. The van der Waals surface area contributed by atoms with Gasteiger partial charge in [0.15, 0.2) is 0 Å². The van der Waals surface area contributed by atoms with Crippen molar-refractivity contribution in [1.82, 2.24) is 9.62 Å². The van der Waals surface area contributed by atoms with Gasteiger partial charge in [-0.3, -0.25) is 0 Å². The van der Waals surface area contributed by atoms with Gasteiger partial charge in [-0.15, -0.1) is 0 Å². The van der Waals surface area contributed by atoms with E-state index < -0.39 is 10.0 Å². The Morgan fingerprint density at radius 1 is 1.42 bits per heavy atom. The number of methoxy groups -OCH3 is 1. The van der Waals surface area contributed by atoms with Gasteiger partial charge in [0.2, 0.25) is 5.09 Å². The molecule has 1 aromatic rings. The van der Waals surface area contributed by atoms with E-state index in [1.807, 2.05) is 13.8 Å². The first-order valence-electron chi connectivity index (χ1n) is 6.15. The van der Waals surface area contributed by atoms with Crippen LogP contribution in [0.2, 0.25) is 0 Å². The Labute approximate surface area is 114 Å². The lowest BCUT2D eigenvalue weighted by molar-refractivity contribution is 0.184. The highest BCUT2D eigenvalue weighted by molar-refractivity contribution is 7.89.